The highest BCUT2D eigenvalue weighted by Crippen LogP contribution is 2.39. The lowest BCUT2D eigenvalue weighted by atomic mass is 10.0. The molecule has 0 saturated heterocycles. The van der Waals surface area contributed by atoms with Crippen molar-refractivity contribution in [1.82, 2.24) is 0 Å². The summed E-state index contributed by atoms with van der Waals surface area (Å²) in [6, 6.07) is 4.77. The highest BCUT2D eigenvalue weighted by molar-refractivity contribution is 7.89. The third kappa shape index (κ3) is 2.42. The fraction of sp³-hybridized carbons (Fsp3) is 0.455. The number of nitrogens with two attached hydrogens (primary N) is 1. The van der Waals surface area contributed by atoms with Gasteiger partial charge in [-0.15, -0.1) is 0 Å². The number of primary sulfonamides is 1. The maximum Gasteiger partial charge on any atom is 0.238 e. The first-order chi connectivity index (χ1) is 7.30. The number of aliphatic hydroxyl groups is 1. The Hall–Kier alpha value is -0.910. The molecule has 5 heteroatoms. The van der Waals surface area contributed by atoms with E-state index in [-0.39, 0.29) is 4.90 Å². The Bertz CT molecular complexity index is 518. The predicted molar refractivity (Wildman–Crippen MR) is 60.4 cm³/mol. The van der Waals surface area contributed by atoms with Crippen LogP contribution in [0.3, 0.4) is 0 Å². The van der Waals surface area contributed by atoms with Crippen LogP contribution >= 0.6 is 0 Å². The van der Waals surface area contributed by atoms with Gasteiger partial charge in [-0.3, -0.25) is 0 Å². The van der Waals surface area contributed by atoms with Crippen LogP contribution in [0.15, 0.2) is 23.1 Å². The Balaban J connectivity index is 2.37. The van der Waals surface area contributed by atoms with Crippen molar-refractivity contribution in [2.24, 2.45) is 5.14 Å². The molecule has 0 unspecified atom stereocenters. The number of aryl methyl sites for hydroxylation is 1. The molecule has 1 aliphatic rings. The van der Waals surface area contributed by atoms with Crippen molar-refractivity contribution in [1.29, 1.82) is 0 Å². The molecule has 0 heterocycles. The molecule has 0 aliphatic heterocycles. The molecule has 4 nitrogen and oxygen atoms in total. The Morgan fingerprint density at radius 1 is 1.44 bits per heavy atom. The van der Waals surface area contributed by atoms with E-state index in [4.69, 9.17) is 5.14 Å². The van der Waals surface area contributed by atoms with Crippen LogP contribution in [0.5, 0.6) is 0 Å². The summed E-state index contributed by atoms with van der Waals surface area (Å²) >= 11 is 0. The average molecular weight is 241 g/mol. The first-order valence-electron chi connectivity index (χ1n) is 5.15. The summed E-state index contributed by atoms with van der Waals surface area (Å²) in [5.41, 5.74) is 1.21. The summed E-state index contributed by atoms with van der Waals surface area (Å²) in [7, 11) is -3.66. The quantitative estimate of drug-likeness (QED) is 0.817. The smallest absolute Gasteiger partial charge is 0.238 e. The first-order valence-corrected chi connectivity index (χ1v) is 6.70. The van der Waals surface area contributed by atoms with E-state index >= 15 is 0 Å². The van der Waals surface area contributed by atoms with E-state index in [0.717, 1.165) is 24.0 Å². The number of hydrogen-bond acceptors (Lipinski definition) is 3. The van der Waals surface area contributed by atoms with E-state index in [1.165, 1.54) is 6.07 Å². The lowest BCUT2D eigenvalue weighted by Gasteiger charge is -2.11. The molecule has 0 spiro atoms. The second kappa shape index (κ2) is 3.55. The van der Waals surface area contributed by atoms with Crippen LogP contribution in [0.1, 0.15) is 24.0 Å². The Labute approximate surface area is 95.1 Å². The molecule has 0 aromatic heterocycles. The van der Waals surface area contributed by atoms with Gasteiger partial charge in [0, 0.05) is 6.42 Å². The zero-order valence-corrected chi connectivity index (χ0v) is 9.92. The minimum absolute atomic E-state index is 0.109. The van der Waals surface area contributed by atoms with Crippen molar-refractivity contribution < 1.29 is 13.5 Å². The van der Waals surface area contributed by atoms with Crippen molar-refractivity contribution in [3.05, 3.63) is 29.3 Å². The van der Waals surface area contributed by atoms with Gasteiger partial charge < -0.3 is 5.11 Å². The van der Waals surface area contributed by atoms with Gasteiger partial charge in [0.15, 0.2) is 0 Å². The zero-order chi connectivity index (χ0) is 12.0. The second-order valence-corrected chi connectivity index (χ2v) is 6.10. The summed E-state index contributed by atoms with van der Waals surface area (Å²) in [6.45, 7) is 1.90. The molecular formula is C11H15NO3S. The van der Waals surface area contributed by atoms with Crippen LogP contribution in [0.2, 0.25) is 0 Å². The Morgan fingerprint density at radius 2 is 2.06 bits per heavy atom. The van der Waals surface area contributed by atoms with E-state index in [1.807, 2.05) is 6.92 Å². The standard InChI is InChI=1S/C11H15NO3S/c1-8-2-3-10(16(12,14)15)6-9(8)7-11(13)4-5-11/h2-3,6,13H,4-5,7H2,1H3,(H2,12,14,15). The topological polar surface area (TPSA) is 80.4 Å². The van der Waals surface area contributed by atoms with E-state index in [9.17, 15) is 13.5 Å². The highest BCUT2D eigenvalue weighted by atomic mass is 32.2. The molecule has 1 aromatic rings. The van der Waals surface area contributed by atoms with Crippen molar-refractivity contribution >= 4 is 10.0 Å². The van der Waals surface area contributed by atoms with Gasteiger partial charge >= 0.3 is 0 Å². The van der Waals surface area contributed by atoms with Crippen molar-refractivity contribution in [3.8, 4) is 0 Å². The van der Waals surface area contributed by atoms with E-state index in [2.05, 4.69) is 0 Å². The molecule has 0 atom stereocenters. The van der Waals surface area contributed by atoms with E-state index in [0.29, 0.717) is 6.42 Å². The minimum Gasteiger partial charge on any atom is -0.390 e. The summed E-state index contributed by atoms with van der Waals surface area (Å²) in [6.07, 6.45) is 2.07. The maximum atomic E-state index is 11.2. The van der Waals surface area contributed by atoms with Crippen LogP contribution in [-0.4, -0.2) is 19.1 Å². The third-order valence-electron chi connectivity index (χ3n) is 3.00. The van der Waals surface area contributed by atoms with Gasteiger partial charge in [-0.2, -0.15) is 0 Å². The van der Waals surface area contributed by atoms with Gasteiger partial charge in [0.25, 0.3) is 0 Å². The van der Waals surface area contributed by atoms with E-state index in [1.54, 1.807) is 12.1 Å². The lowest BCUT2D eigenvalue weighted by molar-refractivity contribution is 0.150. The SMILES string of the molecule is Cc1ccc(S(N)(=O)=O)cc1CC1(O)CC1. The van der Waals surface area contributed by atoms with Gasteiger partial charge in [0.1, 0.15) is 0 Å². The molecule has 2 rings (SSSR count). The number of sulfonamides is 1. The fourth-order valence-corrected chi connectivity index (χ4v) is 2.26. The zero-order valence-electron chi connectivity index (χ0n) is 9.10. The van der Waals surface area contributed by atoms with E-state index < -0.39 is 15.6 Å². The van der Waals surface area contributed by atoms with Crippen LogP contribution in [-0.2, 0) is 16.4 Å². The maximum absolute atomic E-state index is 11.2. The van der Waals surface area contributed by atoms with Crippen molar-refractivity contribution in [2.75, 3.05) is 0 Å². The average Bonchev–Trinajstić information content (AvgIpc) is 2.86. The molecule has 0 amide bonds. The molecular weight excluding hydrogens is 226 g/mol. The number of benzene rings is 1. The number of hydrogen-bond donors (Lipinski definition) is 2. The molecule has 1 aromatic carbocycles. The van der Waals surface area contributed by atoms with Crippen LogP contribution in [0, 0.1) is 6.92 Å². The molecule has 88 valence electrons. The van der Waals surface area contributed by atoms with Gasteiger partial charge in [-0.25, -0.2) is 13.6 Å². The molecule has 16 heavy (non-hydrogen) atoms. The minimum atomic E-state index is -3.66. The molecule has 0 radical (unpaired) electrons. The van der Waals surface area contributed by atoms with Crippen LogP contribution in [0.4, 0.5) is 0 Å². The monoisotopic (exact) mass is 241 g/mol. The lowest BCUT2D eigenvalue weighted by Crippen LogP contribution is -2.15. The van der Waals surface area contributed by atoms with Crippen molar-refractivity contribution in [2.45, 2.75) is 36.7 Å². The Morgan fingerprint density at radius 3 is 2.56 bits per heavy atom. The summed E-state index contributed by atoms with van der Waals surface area (Å²) in [5, 5.41) is 14.9. The van der Waals surface area contributed by atoms with Gasteiger partial charge in [-0.1, -0.05) is 6.07 Å². The molecule has 1 saturated carbocycles. The molecule has 0 bridgehead atoms. The van der Waals surface area contributed by atoms with Gasteiger partial charge in [0.05, 0.1) is 10.5 Å². The predicted octanol–water partition coefficient (Wildman–Crippen LogP) is 0.710. The second-order valence-electron chi connectivity index (χ2n) is 4.53. The molecule has 1 aliphatic carbocycles. The number of rotatable bonds is 3. The fourth-order valence-electron chi connectivity index (χ4n) is 1.69. The summed E-state index contributed by atoms with van der Waals surface area (Å²) in [4.78, 5) is 0.109. The highest BCUT2D eigenvalue weighted by Gasteiger charge is 2.40. The van der Waals surface area contributed by atoms with Gasteiger partial charge in [0.2, 0.25) is 10.0 Å². The van der Waals surface area contributed by atoms with Crippen LogP contribution in [0.25, 0.3) is 0 Å². The third-order valence-corrected chi connectivity index (χ3v) is 3.91. The van der Waals surface area contributed by atoms with Crippen LogP contribution < -0.4 is 5.14 Å². The Kier molecular flexibility index (Phi) is 2.57. The van der Waals surface area contributed by atoms with Crippen molar-refractivity contribution in [3.63, 3.8) is 0 Å². The molecule has 3 N–H and O–H groups in total. The summed E-state index contributed by atoms with van der Waals surface area (Å²) < 4.78 is 22.4. The summed E-state index contributed by atoms with van der Waals surface area (Å²) in [5.74, 6) is 0. The van der Waals surface area contributed by atoms with Gasteiger partial charge in [-0.05, 0) is 43.0 Å². The molecule has 1 fully saturated rings. The normalized spacial score (nSPS) is 18.4. The first kappa shape index (κ1) is 11.6. The largest absolute Gasteiger partial charge is 0.390 e.